The highest BCUT2D eigenvalue weighted by Crippen LogP contribution is 2.33. The van der Waals surface area contributed by atoms with E-state index in [2.05, 4.69) is 4.99 Å². The van der Waals surface area contributed by atoms with E-state index in [-0.39, 0.29) is 0 Å². The second kappa shape index (κ2) is 2.67. The van der Waals surface area contributed by atoms with Crippen molar-refractivity contribution in [2.45, 2.75) is 12.8 Å². The molecule has 1 aliphatic carbocycles. The van der Waals surface area contributed by atoms with Crippen molar-refractivity contribution >= 4 is 6.21 Å². The zero-order chi connectivity index (χ0) is 6.69. The van der Waals surface area contributed by atoms with Gasteiger partial charge in [-0.05, 0) is 24.8 Å². The third-order valence-electron chi connectivity index (χ3n) is 1.46. The van der Waals surface area contributed by atoms with Crippen LogP contribution in [0.3, 0.4) is 0 Å². The molecule has 1 rings (SSSR count). The normalized spacial score (nSPS) is 21.2. The van der Waals surface area contributed by atoms with Crippen molar-refractivity contribution in [3.63, 3.8) is 0 Å². The lowest BCUT2D eigenvalue weighted by Gasteiger charge is -1.90. The molecule has 0 aromatic heterocycles. The minimum atomic E-state index is 0.669. The summed E-state index contributed by atoms with van der Waals surface area (Å²) in [6.45, 7) is 0. The van der Waals surface area contributed by atoms with Gasteiger partial charge >= 0.3 is 0 Å². The van der Waals surface area contributed by atoms with E-state index in [9.17, 15) is 0 Å². The molecule has 0 radical (unpaired) electrons. The summed E-state index contributed by atoms with van der Waals surface area (Å²) in [5.41, 5.74) is 6.62. The molecule has 1 fully saturated rings. The Balaban J connectivity index is 2.37. The highest BCUT2D eigenvalue weighted by Gasteiger charge is 2.23. The number of aliphatic imine (C=N–C) groups is 1. The molecule has 0 unspecified atom stereocenters. The van der Waals surface area contributed by atoms with E-state index in [1.54, 1.807) is 13.3 Å². The van der Waals surface area contributed by atoms with Gasteiger partial charge in [0.2, 0.25) is 0 Å². The van der Waals surface area contributed by atoms with Crippen LogP contribution in [0.5, 0.6) is 0 Å². The third-order valence-corrected chi connectivity index (χ3v) is 1.46. The largest absolute Gasteiger partial charge is 0.402 e. The van der Waals surface area contributed by atoms with Crippen molar-refractivity contribution in [3.8, 4) is 0 Å². The van der Waals surface area contributed by atoms with Gasteiger partial charge in [0.05, 0.1) is 0 Å². The van der Waals surface area contributed by atoms with Gasteiger partial charge in [0.15, 0.2) is 0 Å². The fourth-order valence-corrected chi connectivity index (χ4v) is 0.713. The summed E-state index contributed by atoms with van der Waals surface area (Å²) in [7, 11) is 1.75. The Kier molecular flexibility index (Phi) is 1.88. The van der Waals surface area contributed by atoms with E-state index in [0.29, 0.717) is 5.92 Å². The number of nitrogens with two attached hydrogens (primary N) is 1. The van der Waals surface area contributed by atoms with E-state index < -0.39 is 0 Å². The van der Waals surface area contributed by atoms with E-state index in [0.717, 1.165) is 5.70 Å². The van der Waals surface area contributed by atoms with Crippen LogP contribution in [0.2, 0.25) is 0 Å². The first-order valence-corrected chi connectivity index (χ1v) is 3.22. The van der Waals surface area contributed by atoms with Crippen LogP contribution in [0, 0.1) is 5.92 Å². The Morgan fingerprint density at radius 2 is 2.33 bits per heavy atom. The predicted octanol–water partition coefficient (Wildman–Crippen LogP) is 0.940. The molecular formula is C7H12N2. The fourth-order valence-electron chi connectivity index (χ4n) is 0.713. The lowest BCUT2D eigenvalue weighted by atomic mass is 10.3. The molecule has 50 valence electrons. The molecule has 9 heavy (non-hydrogen) atoms. The summed E-state index contributed by atoms with van der Waals surface area (Å²) in [6, 6.07) is 0. The molecule has 0 aliphatic heterocycles. The lowest BCUT2D eigenvalue weighted by Crippen LogP contribution is -1.98. The van der Waals surface area contributed by atoms with Gasteiger partial charge in [0, 0.05) is 19.0 Å². The fraction of sp³-hybridized carbons (Fsp3) is 0.571. The highest BCUT2D eigenvalue weighted by molar-refractivity contribution is 5.71. The van der Waals surface area contributed by atoms with E-state index >= 15 is 0 Å². The molecular weight excluding hydrogens is 112 g/mol. The summed E-state index contributed by atoms with van der Waals surface area (Å²) in [5, 5.41) is 0. The molecule has 0 spiro atoms. The van der Waals surface area contributed by atoms with E-state index in [4.69, 9.17) is 5.73 Å². The number of nitrogens with zero attached hydrogens (tertiary/aromatic N) is 1. The molecule has 0 saturated heterocycles. The van der Waals surface area contributed by atoms with Crippen molar-refractivity contribution < 1.29 is 0 Å². The monoisotopic (exact) mass is 124 g/mol. The van der Waals surface area contributed by atoms with Crippen LogP contribution in [-0.2, 0) is 0 Å². The van der Waals surface area contributed by atoms with Crippen molar-refractivity contribution in [3.05, 3.63) is 11.8 Å². The topological polar surface area (TPSA) is 38.4 Å². The minimum absolute atomic E-state index is 0.669. The van der Waals surface area contributed by atoms with Gasteiger partial charge < -0.3 is 5.73 Å². The zero-order valence-electron chi connectivity index (χ0n) is 5.67. The number of hydrogen-bond acceptors (Lipinski definition) is 2. The molecule has 0 atom stereocenters. The summed E-state index contributed by atoms with van der Waals surface area (Å²) in [6.07, 6.45) is 6.16. The highest BCUT2D eigenvalue weighted by atomic mass is 14.7. The van der Waals surface area contributed by atoms with Crippen molar-refractivity contribution in [1.82, 2.24) is 0 Å². The third kappa shape index (κ3) is 1.88. The van der Waals surface area contributed by atoms with Crippen LogP contribution < -0.4 is 5.73 Å². The molecule has 0 amide bonds. The number of allylic oxidation sites excluding steroid dienone is 2. The average molecular weight is 124 g/mol. The SMILES string of the molecule is CN=C/C=C(\N)C1CC1. The van der Waals surface area contributed by atoms with Gasteiger partial charge in [-0.3, -0.25) is 4.99 Å². The van der Waals surface area contributed by atoms with E-state index in [1.165, 1.54) is 12.8 Å². The summed E-state index contributed by atoms with van der Waals surface area (Å²) >= 11 is 0. The van der Waals surface area contributed by atoms with Crippen LogP contribution >= 0.6 is 0 Å². The first-order chi connectivity index (χ1) is 4.34. The maximum absolute atomic E-state index is 5.63. The van der Waals surface area contributed by atoms with Crippen LogP contribution in [0.15, 0.2) is 16.8 Å². The predicted molar refractivity (Wildman–Crippen MR) is 39.4 cm³/mol. The molecule has 0 aromatic carbocycles. The summed E-state index contributed by atoms with van der Waals surface area (Å²) in [4.78, 5) is 3.80. The number of rotatable bonds is 2. The minimum Gasteiger partial charge on any atom is -0.402 e. The standard InChI is InChI=1S/C7H12N2/c1-9-5-4-7(8)6-2-3-6/h4-6H,2-3,8H2,1H3/b7-4-,9-5?. The molecule has 0 bridgehead atoms. The summed E-state index contributed by atoms with van der Waals surface area (Å²) < 4.78 is 0. The van der Waals surface area contributed by atoms with Gasteiger partial charge in [0.1, 0.15) is 0 Å². The molecule has 2 heteroatoms. The van der Waals surface area contributed by atoms with Crippen molar-refractivity contribution in [2.75, 3.05) is 7.05 Å². The van der Waals surface area contributed by atoms with E-state index in [1.807, 2.05) is 6.08 Å². The smallest absolute Gasteiger partial charge is 0.0277 e. The lowest BCUT2D eigenvalue weighted by molar-refractivity contribution is 0.984. The molecule has 1 aliphatic rings. The van der Waals surface area contributed by atoms with Gasteiger partial charge in [-0.25, -0.2) is 0 Å². The Morgan fingerprint density at radius 3 is 2.78 bits per heavy atom. The summed E-state index contributed by atoms with van der Waals surface area (Å²) in [5.74, 6) is 0.669. The quantitative estimate of drug-likeness (QED) is 0.546. The second-order valence-electron chi connectivity index (χ2n) is 2.35. The number of hydrogen-bond donors (Lipinski definition) is 1. The van der Waals surface area contributed by atoms with Crippen LogP contribution in [0.1, 0.15) is 12.8 Å². The van der Waals surface area contributed by atoms with Crippen LogP contribution in [-0.4, -0.2) is 13.3 Å². The van der Waals surface area contributed by atoms with Gasteiger partial charge in [-0.2, -0.15) is 0 Å². The Labute approximate surface area is 55.5 Å². The van der Waals surface area contributed by atoms with Crippen molar-refractivity contribution in [2.24, 2.45) is 16.6 Å². The Hall–Kier alpha value is -0.790. The second-order valence-corrected chi connectivity index (χ2v) is 2.35. The molecule has 0 heterocycles. The zero-order valence-corrected chi connectivity index (χ0v) is 5.67. The van der Waals surface area contributed by atoms with Gasteiger partial charge in [0.25, 0.3) is 0 Å². The first kappa shape index (κ1) is 6.33. The van der Waals surface area contributed by atoms with Gasteiger partial charge in [-0.15, -0.1) is 0 Å². The molecule has 2 N–H and O–H groups in total. The van der Waals surface area contributed by atoms with Crippen LogP contribution in [0.4, 0.5) is 0 Å². The Morgan fingerprint density at radius 1 is 1.67 bits per heavy atom. The maximum atomic E-state index is 5.63. The van der Waals surface area contributed by atoms with Crippen molar-refractivity contribution in [1.29, 1.82) is 0 Å². The molecule has 2 nitrogen and oxygen atoms in total. The molecule has 1 saturated carbocycles. The first-order valence-electron chi connectivity index (χ1n) is 3.22. The maximum Gasteiger partial charge on any atom is 0.0277 e. The van der Waals surface area contributed by atoms with Gasteiger partial charge in [-0.1, -0.05) is 0 Å². The molecule has 0 aromatic rings. The van der Waals surface area contributed by atoms with Crippen LogP contribution in [0.25, 0.3) is 0 Å². The Bertz CT molecular complexity index is 143. The average Bonchev–Trinajstić information content (AvgIpc) is 2.63.